The predicted octanol–water partition coefficient (Wildman–Crippen LogP) is 2.07. The summed E-state index contributed by atoms with van der Waals surface area (Å²) in [5, 5.41) is 0. The Morgan fingerprint density at radius 3 is 2.74 bits per heavy atom. The van der Waals surface area contributed by atoms with Gasteiger partial charge in [-0.05, 0) is 12.1 Å². The highest BCUT2D eigenvalue weighted by atomic mass is 32.1. The molecule has 4 rings (SSSR count). The van der Waals surface area contributed by atoms with Crippen molar-refractivity contribution in [3.05, 3.63) is 51.2 Å². The third-order valence-corrected chi connectivity index (χ3v) is 4.53. The number of hydrogen-bond acceptors (Lipinski definition) is 6. The molecule has 23 heavy (non-hydrogen) atoms. The Labute approximate surface area is 134 Å². The molecule has 116 valence electrons. The molecule has 3 heterocycles. The molecule has 4 aromatic rings. The lowest BCUT2D eigenvalue weighted by molar-refractivity contribution is 0.355. The fourth-order valence-corrected chi connectivity index (χ4v) is 3.46. The average Bonchev–Trinajstić information content (AvgIpc) is 3.25. The SMILES string of the molecule is COc1cc2nc3s/c(=C/c4ccco4)c(=O)n3c2cc1OC. The first-order valence-corrected chi connectivity index (χ1v) is 7.65. The summed E-state index contributed by atoms with van der Waals surface area (Å²) in [6, 6.07) is 7.11. The molecule has 0 aliphatic heterocycles. The number of benzene rings is 1. The zero-order valence-electron chi connectivity index (χ0n) is 12.4. The molecule has 0 unspecified atom stereocenters. The first kappa shape index (κ1) is 13.8. The second-order valence-electron chi connectivity index (χ2n) is 4.86. The van der Waals surface area contributed by atoms with E-state index in [4.69, 9.17) is 13.9 Å². The summed E-state index contributed by atoms with van der Waals surface area (Å²) in [6.45, 7) is 0. The topological polar surface area (TPSA) is 66.0 Å². The number of ether oxygens (including phenoxy) is 2. The number of aromatic nitrogens is 2. The smallest absolute Gasteiger partial charge is 0.275 e. The Morgan fingerprint density at radius 2 is 2.04 bits per heavy atom. The molecule has 0 radical (unpaired) electrons. The molecule has 0 saturated carbocycles. The Hall–Kier alpha value is -2.80. The second-order valence-corrected chi connectivity index (χ2v) is 5.87. The van der Waals surface area contributed by atoms with Crippen molar-refractivity contribution in [3.8, 4) is 11.5 Å². The van der Waals surface area contributed by atoms with Gasteiger partial charge in [0.05, 0.1) is 31.5 Å². The van der Waals surface area contributed by atoms with Crippen LogP contribution in [0.15, 0.2) is 39.7 Å². The fraction of sp³-hybridized carbons (Fsp3) is 0.125. The van der Waals surface area contributed by atoms with Crippen molar-refractivity contribution in [1.29, 1.82) is 0 Å². The second kappa shape index (κ2) is 5.13. The first-order valence-electron chi connectivity index (χ1n) is 6.83. The van der Waals surface area contributed by atoms with E-state index in [1.165, 1.54) is 11.3 Å². The number of hydrogen-bond donors (Lipinski definition) is 0. The van der Waals surface area contributed by atoms with Gasteiger partial charge in [0, 0.05) is 18.2 Å². The van der Waals surface area contributed by atoms with Crippen molar-refractivity contribution >= 4 is 33.4 Å². The molecule has 0 atom stereocenters. The average molecular weight is 328 g/mol. The lowest BCUT2D eigenvalue weighted by Gasteiger charge is -2.06. The molecular formula is C16H12N2O4S. The van der Waals surface area contributed by atoms with Crippen molar-refractivity contribution in [1.82, 2.24) is 9.38 Å². The van der Waals surface area contributed by atoms with Gasteiger partial charge < -0.3 is 13.9 Å². The van der Waals surface area contributed by atoms with Crippen LogP contribution in [0, 0.1) is 0 Å². The number of thiazole rings is 1. The van der Waals surface area contributed by atoms with E-state index in [2.05, 4.69) is 4.98 Å². The number of fused-ring (bicyclic) bond motifs is 3. The maximum atomic E-state index is 12.7. The van der Waals surface area contributed by atoms with Crippen LogP contribution >= 0.6 is 11.3 Å². The van der Waals surface area contributed by atoms with Crippen molar-refractivity contribution < 1.29 is 13.9 Å². The third kappa shape index (κ3) is 2.08. The minimum absolute atomic E-state index is 0.129. The van der Waals surface area contributed by atoms with Gasteiger partial charge in [-0.25, -0.2) is 9.38 Å². The van der Waals surface area contributed by atoms with Crippen LogP contribution in [0.25, 0.3) is 22.1 Å². The maximum absolute atomic E-state index is 12.7. The van der Waals surface area contributed by atoms with E-state index >= 15 is 0 Å². The van der Waals surface area contributed by atoms with E-state index in [1.807, 2.05) is 0 Å². The van der Waals surface area contributed by atoms with E-state index in [1.54, 1.807) is 55.2 Å². The quantitative estimate of drug-likeness (QED) is 0.576. The van der Waals surface area contributed by atoms with Crippen molar-refractivity contribution in [2.75, 3.05) is 14.2 Å². The minimum atomic E-state index is -0.129. The van der Waals surface area contributed by atoms with Gasteiger partial charge in [0.2, 0.25) is 0 Å². The molecule has 3 aromatic heterocycles. The normalized spacial score (nSPS) is 12.3. The molecule has 0 N–H and O–H groups in total. The monoisotopic (exact) mass is 328 g/mol. The van der Waals surface area contributed by atoms with Crippen molar-refractivity contribution in [2.24, 2.45) is 0 Å². The van der Waals surface area contributed by atoms with Crippen LogP contribution < -0.4 is 19.6 Å². The molecular weight excluding hydrogens is 316 g/mol. The zero-order chi connectivity index (χ0) is 16.0. The Balaban J connectivity index is 2.03. The zero-order valence-corrected chi connectivity index (χ0v) is 13.2. The number of nitrogens with zero attached hydrogens (tertiary/aromatic N) is 2. The highest BCUT2D eigenvalue weighted by Gasteiger charge is 2.15. The number of rotatable bonds is 3. The van der Waals surface area contributed by atoms with E-state index < -0.39 is 0 Å². The summed E-state index contributed by atoms with van der Waals surface area (Å²) in [5.41, 5.74) is 1.25. The number of furan rings is 1. The summed E-state index contributed by atoms with van der Waals surface area (Å²) < 4.78 is 18.0. The van der Waals surface area contributed by atoms with E-state index in [-0.39, 0.29) is 5.56 Å². The molecule has 0 amide bonds. The van der Waals surface area contributed by atoms with E-state index in [9.17, 15) is 4.79 Å². The maximum Gasteiger partial charge on any atom is 0.275 e. The minimum Gasteiger partial charge on any atom is -0.493 e. The highest BCUT2D eigenvalue weighted by Crippen LogP contribution is 2.32. The van der Waals surface area contributed by atoms with Crippen LogP contribution in [0.3, 0.4) is 0 Å². The van der Waals surface area contributed by atoms with Crippen LogP contribution in [0.1, 0.15) is 5.76 Å². The van der Waals surface area contributed by atoms with E-state index in [0.29, 0.717) is 37.8 Å². The molecule has 0 spiro atoms. The van der Waals surface area contributed by atoms with Crippen LogP contribution in [-0.4, -0.2) is 23.6 Å². The summed E-state index contributed by atoms with van der Waals surface area (Å²) in [6.07, 6.45) is 3.29. The summed E-state index contributed by atoms with van der Waals surface area (Å²) in [7, 11) is 3.13. The van der Waals surface area contributed by atoms with Crippen LogP contribution in [0.2, 0.25) is 0 Å². The summed E-state index contributed by atoms with van der Waals surface area (Å²) in [4.78, 5) is 17.8. The van der Waals surface area contributed by atoms with Crippen LogP contribution in [0.5, 0.6) is 11.5 Å². The largest absolute Gasteiger partial charge is 0.493 e. The number of methoxy groups -OCH3 is 2. The molecule has 6 nitrogen and oxygen atoms in total. The standard InChI is InChI=1S/C16H12N2O4S/c1-20-12-7-10-11(8-13(12)21-2)18-15(19)14(23-16(18)17-10)6-9-4-3-5-22-9/h3-8H,1-2H3/b14-6+. The van der Waals surface area contributed by atoms with E-state index in [0.717, 1.165) is 0 Å². The Morgan fingerprint density at radius 1 is 1.26 bits per heavy atom. The van der Waals surface area contributed by atoms with Gasteiger partial charge in [-0.2, -0.15) is 0 Å². The van der Waals surface area contributed by atoms with Crippen molar-refractivity contribution in [2.45, 2.75) is 0 Å². The molecule has 0 aliphatic carbocycles. The van der Waals surface area contributed by atoms with Crippen LogP contribution in [-0.2, 0) is 0 Å². The van der Waals surface area contributed by atoms with Gasteiger partial charge in [-0.3, -0.25) is 4.79 Å². The Bertz CT molecular complexity index is 1110. The lowest BCUT2D eigenvalue weighted by atomic mass is 10.2. The molecule has 7 heteroatoms. The van der Waals surface area contributed by atoms with Gasteiger partial charge >= 0.3 is 0 Å². The lowest BCUT2D eigenvalue weighted by Crippen LogP contribution is -2.22. The number of imidazole rings is 1. The predicted molar refractivity (Wildman–Crippen MR) is 87.4 cm³/mol. The third-order valence-electron chi connectivity index (χ3n) is 3.56. The first-order chi connectivity index (χ1) is 11.2. The fourth-order valence-electron chi connectivity index (χ4n) is 2.49. The Kier molecular flexibility index (Phi) is 3.09. The van der Waals surface area contributed by atoms with Crippen LogP contribution in [0.4, 0.5) is 0 Å². The van der Waals surface area contributed by atoms with Gasteiger partial charge in [0.1, 0.15) is 10.3 Å². The summed E-state index contributed by atoms with van der Waals surface area (Å²) in [5.74, 6) is 1.78. The molecule has 0 aliphatic rings. The molecule has 1 aromatic carbocycles. The molecule has 0 fully saturated rings. The molecule has 0 bridgehead atoms. The highest BCUT2D eigenvalue weighted by molar-refractivity contribution is 7.15. The molecule has 0 saturated heterocycles. The van der Waals surface area contributed by atoms with Gasteiger partial charge in [0.15, 0.2) is 16.5 Å². The van der Waals surface area contributed by atoms with Gasteiger partial charge in [-0.15, -0.1) is 0 Å². The summed E-state index contributed by atoms with van der Waals surface area (Å²) >= 11 is 1.32. The van der Waals surface area contributed by atoms with Gasteiger partial charge in [0.25, 0.3) is 5.56 Å². The van der Waals surface area contributed by atoms with Gasteiger partial charge in [-0.1, -0.05) is 11.3 Å². The van der Waals surface area contributed by atoms with Crippen molar-refractivity contribution in [3.63, 3.8) is 0 Å².